The highest BCUT2D eigenvalue weighted by Crippen LogP contribution is 2.28. The first kappa shape index (κ1) is 15.0. The molecule has 0 atom stereocenters. The van der Waals surface area contributed by atoms with Crippen molar-refractivity contribution in [2.75, 3.05) is 5.32 Å². The molecular weight excluding hydrogens is 341 g/mol. The van der Waals surface area contributed by atoms with Gasteiger partial charge >= 0.3 is 0 Å². The number of amides is 1. The van der Waals surface area contributed by atoms with E-state index in [1.807, 2.05) is 30.3 Å². The Morgan fingerprint density at radius 1 is 1.00 bits per heavy atom. The average Bonchev–Trinajstić information content (AvgIpc) is 2.99. The topological polar surface area (TPSA) is 54.9 Å². The first-order valence-corrected chi connectivity index (χ1v) is 7.86. The SMILES string of the molecule is O=C(Nc1nnc(-c2ccccc2)s1)c1cccc(Cl)c1Cl. The lowest BCUT2D eigenvalue weighted by Gasteiger charge is -2.04. The van der Waals surface area contributed by atoms with Crippen molar-refractivity contribution in [2.24, 2.45) is 0 Å². The Bertz CT molecular complexity index is 821. The average molecular weight is 350 g/mol. The van der Waals surface area contributed by atoms with Crippen molar-refractivity contribution in [1.29, 1.82) is 0 Å². The maximum atomic E-state index is 12.2. The first-order valence-electron chi connectivity index (χ1n) is 6.29. The highest BCUT2D eigenvalue weighted by molar-refractivity contribution is 7.18. The van der Waals surface area contributed by atoms with Gasteiger partial charge in [-0.15, -0.1) is 10.2 Å². The monoisotopic (exact) mass is 349 g/mol. The van der Waals surface area contributed by atoms with Crippen LogP contribution < -0.4 is 5.32 Å². The van der Waals surface area contributed by atoms with Gasteiger partial charge in [-0.3, -0.25) is 10.1 Å². The molecule has 0 bridgehead atoms. The maximum absolute atomic E-state index is 12.2. The first-order chi connectivity index (χ1) is 10.6. The van der Waals surface area contributed by atoms with E-state index in [1.54, 1.807) is 18.2 Å². The van der Waals surface area contributed by atoms with Crippen LogP contribution in [-0.2, 0) is 0 Å². The van der Waals surface area contributed by atoms with Gasteiger partial charge in [0.1, 0.15) is 5.01 Å². The Balaban J connectivity index is 1.81. The largest absolute Gasteiger partial charge is 0.296 e. The second-order valence-corrected chi connectivity index (χ2v) is 6.10. The lowest BCUT2D eigenvalue weighted by molar-refractivity contribution is 0.102. The molecule has 22 heavy (non-hydrogen) atoms. The van der Waals surface area contributed by atoms with Gasteiger partial charge in [-0.25, -0.2) is 0 Å². The molecule has 1 heterocycles. The van der Waals surface area contributed by atoms with Crippen LogP contribution in [-0.4, -0.2) is 16.1 Å². The van der Waals surface area contributed by atoms with Crippen LogP contribution in [0.3, 0.4) is 0 Å². The molecule has 3 rings (SSSR count). The number of aromatic nitrogens is 2. The predicted molar refractivity (Wildman–Crippen MR) is 89.8 cm³/mol. The number of halogens is 2. The molecule has 0 saturated carbocycles. The fourth-order valence-electron chi connectivity index (χ4n) is 1.81. The van der Waals surface area contributed by atoms with Crippen LogP contribution in [0.4, 0.5) is 5.13 Å². The van der Waals surface area contributed by atoms with Gasteiger partial charge in [0.15, 0.2) is 0 Å². The summed E-state index contributed by atoms with van der Waals surface area (Å²) in [7, 11) is 0. The molecule has 0 fully saturated rings. The summed E-state index contributed by atoms with van der Waals surface area (Å²) in [6.45, 7) is 0. The second-order valence-electron chi connectivity index (χ2n) is 4.33. The number of hydrogen-bond donors (Lipinski definition) is 1. The van der Waals surface area contributed by atoms with Crippen molar-refractivity contribution in [3.8, 4) is 10.6 Å². The molecule has 0 aliphatic heterocycles. The van der Waals surface area contributed by atoms with Crippen molar-refractivity contribution in [2.45, 2.75) is 0 Å². The van der Waals surface area contributed by atoms with Gasteiger partial charge in [0.05, 0.1) is 15.6 Å². The van der Waals surface area contributed by atoms with Gasteiger partial charge < -0.3 is 0 Å². The molecule has 1 N–H and O–H groups in total. The van der Waals surface area contributed by atoms with Gasteiger partial charge in [0.2, 0.25) is 5.13 Å². The Kier molecular flexibility index (Phi) is 4.38. The van der Waals surface area contributed by atoms with E-state index < -0.39 is 0 Å². The molecule has 0 aliphatic rings. The molecule has 3 aromatic rings. The molecule has 0 spiro atoms. The van der Waals surface area contributed by atoms with Crippen LogP contribution in [0.25, 0.3) is 10.6 Å². The molecule has 4 nitrogen and oxygen atoms in total. The summed E-state index contributed by atoms with van der Waals surface area (Å²) in [5.74, 6) is -0.372. The van der Waals surface area contributed by atoms with E-state index in [1.165, 1.54) is 11.3 Å². The zero-order chi connectivity index (χ0) is 15.5. The third-order valence-electron chi connectivity index (χ3n) is 2.86. The number of anilines is 1. The molecule has 0 aliphatic carbocycles. The van der Waals surface area contributed by atoms with E-state index >= 15 is 0 Å². The van der Waals surface area contributed by atoms with Gasteiger partial charge in [-0.1, -0.05) is 70.9 Å². The van der Waals surface area contributed by atoms with Gasteiger partial charge in [0.25, 0.3) is 5.91 Å². The number of carbonyl (C=O) groups excluding carboxylic acids is 1. The second kappa shape index (κ2) is 6.44. The summed E-state index contributed by atoms with van der Waals surface area (Å²) in [4.78, 5) is 12.2. The highest BCUT2D eigenvalue weighted by atomic mass is 35.5. The Morgan fingerprint density at radius 3 is 2.55 bits per heavy atom. The molecule has 0 radical (unpaired) electrons. The number of carbonyl (C=O) groups is 1. The van der Waals surface area contributed by atoms with Crippen molar-refractivity contribution in [1.82, 2.24) is 10.2 Å². The lowest BCUT2D eigenvalue weighted by atomic mass is 10.2. The van der Waals surface area contributed by atoms with Crippen molar-refractivity contribution >= 4 is 45.6 Å². The molecule has 0 unspecified atom stereocenters. The summed E-state index contributed by atoms with van der Waals surface area (Å²) in [6, 6.07) is 14.5. The minimum absolute atomic E-state index is 0.217. The molecule has 0 saturated heterocycles. The Morgan fingerprint density at radius 2 is 1.77 bits per heavy atom. The summed E-state index contributed by atoms with van der Waals surface area (Å²) in [6.07, 6.45) is 0. The third kappa shape index (κ3) is 3.11. The van der Waals surface area contributed by atoms with E-state index in [4.69, 9.17) is 23.2 Å². The Labute approximate surface area is 140 Å². The highest BCUT2D eigenvalue weighted by Gasteiger charge is 2.15. The van der Waals surface area contributed by atoms with Gasteiger partial charge in [-0.05, 0) is 12.1 Å². The van der Waals surface area contributed by atoms with E-state index in [2.05, 4.69) is 15.5 Å². The maximum Gasteiger partial charge on any atom is 0.259 e. The lowest BCUT2D eigenvalue weighted by Crippen LogP contribution is -2.12. The standard InChI is InChI=1S/C15H9Cl2N3OS/c16-11-8-4-7-10(12(11)17)13(21)18-15-20-19-14(22-15)9-5-2-1-3-6-9/h1-8H,(H,18,20,21). The fourth-order valence-corrected chi connectivity index (χ4v) is 2.95. The molecule has 2 aromatic carbocycles. The van der Waals surface area contributed by atoms with Crippen LogP contribution in [0, 0.1) is 0 Å². The van der Waals surface area contributed by atoms with Gasteiger partial charge in [0, 0.05) is 5.56 Å². The van der Waals surface area contributed by atoms with Crippen LogP contribution in [0.15, 0.2) is 48.5 Å². The number of hydrogen-bond acceptors (Lipinski definition) is 4. The summed E-state index contributed by atoms with van der Waals surface area (Å²) in [5, 5.41) is 12.4. The van der Waals surface area contributed by atoms with E-state index in [-0.39, 0.29) is 10.9 Å². The molecule has 110 valence electrons. The van der Waals surface area contributed by atoms with E-state index in [0.717, 1.165) is 10.6 Å². The zero-order valence-corrected chi connectivity index (χ0v) is 13.4. The zero-order valence-electron chi connectivity index (χ0n) is 11.1. The quantitative estimate of drug-likeness (QED) is 0.741. The number of nitrogens with zero attached hydrogens (tertiary/aromatic N) is 2. The smallest absolute Gasteiger partial charge is 0.259 e. The summed E-state index contributed by atoms with van der Waals surface area (Å²) >= 11 is 13.2. The van der Waals surface area contributed by atoms with Crippen LogP contribution >= 0.6 is 34.5 Å². The van der Waals surface area contributed by atoms with Crippen LogP contribution in [0.1, 0.15) is 10.4 Å². The van der Waals surface area contributed by atoms with E-state index in [0.29, 0.717) is 15.7 Å². The van der Waals surface area contributed by atoms with Crippen molar-refractivity contribution < 1.29 is 4.79 Å². The fraction of sp³-hybridized carbons (Fsp3) is 0. The number of benzene rings is 2. The van der Waals surface area contributed by atoms with Crippen LogP contribution in [0.5, 0.6) is 0 Å². The normalized spacial score (nSPS) is 10.5. The number of nitrogens with one attached hydrogen (secondary N) is 1. The molecule has 1 aromatic heterocycles. The third-order valence-corrected chi connectivity index (χ3v) is 4.57. The van der Waals surface area contributed by atoms with E-state index in [9.17, 15) is 4.79 Å². The van der Waals surface area contributed by atoms with Crippen LogP contribution in [0.2, 0.25) is 10.0 Å². The molecule has 7 heteroatoms. The van der Waals surface area contributed by atoms with Crippen molar-refractivity contribution in [3.05, 3.63) is 64.1 Å². The minimum Gasteiger partial charge on any atom is -0.296 e. The molecular formula is C15H9Cl2N3OS. The predicted octanol–water partition coefficient (Wildman–Crippen LogP) is 4.76. The number of rotatable bonds is 3. The molecule has 1 amide bonds. The minimum atomic E-state index is -0.372. The van der Waals surface area contributed by atoms with Crippen molar-refractivity contribution in [3.63, 3.8) is 0 Å². The van der Waals surface area contributed by atoms with Gasteiger partial charge in [-0.2, -0.15) is 0 Å². The summed E-state index contributed by atoms with van der Waals surface area (Å²) < 4.78 is 0. The Hall–Kier alpha value is -1.95. The summed E-state index contributed by atoms with van der Waals surface area (Å²) in [5.41, 5.74) is 1.24.